The number of ether oxygens (including phenoxy) is 3. The van der Waals surface area contributed by atoms with Crippen molar-refractivity contribution in [2.75, 3.05) is 26.9 Å². The first-order chi connectivity index (χ1) is 12.7. The van der Waals surface area contributed by atoms with Gasteiger partial charge in [0.15, 0.2) is 11.5 Å². The summed E-state index contributed by atoms with van der Waals surface area (Å²) in [5, 5.41) is 0. The lowest BCUT2D eigenvalue weighted by atomic mass is 9.98. The van der Waals surface area contributed by atoms with E-state index in [2.05, 4.69) is 4.98 Å². The van der Waals surface area contributed by atoms with Crippen LogP contribution in [0.4, 0.5) is 0 Å². The second kappa shape index (κ2) is 8.08. The number of carbonyl (C=O) groups excluding carboxylic acids is 1. The Morgan fingerprint density at radius 3 is 2.38 bits per heavy atom. The molecule has 0 atom stereocenters. The van der Waals surface area contributed by atoms with Crippen LogP contribution in [-0.2, 0) is 13.0 Å². The van der Waals surface area contributed by atoms with Gasteiger partial charge in [0.05, 0.1) is 25.9 Å². The predicted molar refractivity (Wildman–Crippen MR) is 98.0 cm³/mol. The molecule has 0 saturated carbocycles. The number of methoxy groups -OCH3 is 1. The van der Waals surface area contributed by atoms with Gasteiger partial charge in [-0.15, -0.1) is 0 Å². The molecule has 0 N–H and O–H groups in total. The average molecular weight is 356 g/mol. The zero-order chi connectivity index (χ0) is 18.5. The van der Waals surface area contributed by atoms with Gasteiger partial charge in [0.2, 0.25) is 5.88 Å². The number of carbonyl (C=O) groups is 1. The summed E-state index contributed by atoms with van der Waals surface area (Å²) in [5.74, 6) is 1.97. The van der Waals surface area contributed by atoms with Gasteiger partial charge in [-0.05, 0) is 49.6 Å². The predicted octanol–water partition coefficient (Wildman–Crippen LogP) is 3.09. The summed E-state index contributed by atoms with van der Waals surface area (Å²) >= 11 is 0. The van der Waals surface area contributed by atoms with Crippen molar-refractivity contribution in [3.63, 3.8) is 0 Å². The minimum Gasteiger partial charge on any atom is -0.490 e. The molecule has 1 aliphatic rings. The van der Waals surface area contributed by atoms with E-state index in [4.69, 9.17) is 14.2 Å². The first-order valence-electron chi connectivity index (χ1n) is 8.87. The number of amides is 1. The smallest absolute Gasteiger partial charge is 0.255 e. The van der Waals surface area contributed by atoms with Crippen LogP contribution in [0.15, 0.2) is 30.5 Å². The van der Waals surface area contributed by atoms with Gasteiger partial charge in [-0.2, -0.15) is 0 Å². The van der Waals surface area contributed by atoms with Gasteiger partial charge in [0.25, 0.3) is 5.91 Å². The topological polar surface area (TPSA) is 60.9 Å². The van der Waals surface area contributed by atoms with Gasteiger partial charge in [-0.25, -0.2) is 4.98 Å². The van der Waals surface area contributed by atoms with Crippen LogP contribution in [0, 0.1) is 0 Å². The second-order valence-electron chi connectivity index (χ2n) is 6.00. The molecule has 26 heavy (non-hydrogen) atoms. The van der Waals surface area contributed by atoms with E-state index in [0.717, 1.165) is 23.5 Å². The van der Waals surface area contributed by atoms with Gasteiger partial charge >= 0.3 is 0 Å². The quantitative estimate of drug-likeness (QED) is 0.796. The summed E-state index contributed by atoms with van der Waals surface area (Å²) < 4.78 is 16.5. The van der Waals surface area contributed by atoms with Crippen LogP contribution in [-0.4, -0.2) is 42.7 Å². The number of pyridine rings is 1. The van der Waals surface area contributed by atoms with Crippen molar-refractivity contribution in [1.82, 2.24) is 9.88 Å². The van der Waals surface area contributed by atoms with Crippen molar-refractivity contribution >= 4 is 5.91 Å². The highest BCUT2D eigenvalue weighted by Gasteiger charge is 2.24. The third kappa shape index (κ3) is 3.74. The van der Waals surface area contributed by atoms with Crippen LogP contribution in [0.2, 0.25) is 0 Å². The van der Waals surface area contributed by atoms with Gasteiger partial charge in [0.1, 0.15) is 0 Å². The third-order valence-corrected chi connectivity index (χ3v) is 4.36. The summed E-state index contributed by atoms with van der Waals surface area (Å²) in [6.07, 6.45) is 2.34. The van der Waals surface area contributed by atoms with E-state index in [0.29, 0.717) is 37.7 Å². The third-order valence-electron chi connectivity index (χ3n) is 4.36. The normalized spacial score (nSPS) is 13.1. The molecule has 2 aromatic rings. The molecule has 0 bridgehead atoms. The highest BCUT2D eigenvalue weighted by atomic mass is 16.5. The van der Waals surface area contributed by atoms with Crippen molar-refractivity contribution in [1.29, 1.82) is 0 Å². The molecule has 0 saturated heterocycles. The summed E-state index contributed by atoms with van der Waals surface area (Å²) in [6.45, 7) is 6.27. The van der Waals surface area contributed by atoms with E-state index >= 15 is 0 Å². The standard InChI is InChI=1S/C20H24N2O4/c1-4-25-17-10-14-8-9-22(13-16(14)11-18(17)26-5-2)20(23)15-6-7-19(24-3)21-12-15/h6-7,10-12H,4-5,8-9,13H2,1-3H3. The molecule has 6 heteroatoms. The van der Waals surface area contributed by atoms with Crippen LogP contribution < -0.4 is 14.2 Å². The second-order valence-corrected chi connectivity index (χ2v) is 6.00. The molecule has 1 aliphatic heterocycles. The van der Waals surface area contributed by atoms with E-state index in [9.17, 15) is 4.79 Å². The fourth-order valence-electron chi connectivity index (χ4n) is 3.08. The Hall–Kier alpha value is -2.76. The van der Waals surface area contributed by atoms with Crippen molar-refractivity contribution in [2.45, 2.75) is 26.8 Å². The molecule has 1 aromatic heterocycles. The molecular formula is C20H24N2O4. The summed E-state index contributed by atoms with van der Waals surface area (Å²) in [7, 11) is 1.55. The Morgan fingerprint density at radius 2 is 1.81 bits per heavy atom. The maximum atomic E-state index is 12.8. The molecule has 3 rings (SSSR count). The zero-order valence-corrected chi connectivity index (χ0v) is 15.4. The molecule has 0 unspecified atom stereocenters. The molecular weight excluding hydrogens is 332 g/mol. The van der Waals surface area contributed by atoms with E-state index in [-0.39, 0.29) is 5.91 Å². The fraction of sp³-hybridized carbons (Fsp3) is 0.400. The van der Waals surface area contributed by atoms with Crippen LogP contribution in [0.5, 0.6) is 17.4 Å². The fourth-order valence-corrected chi connectivity index (χ4v) is 3.08. The lowest BCUT2D eigenvalue weighted by molar-refractivity contribution is 0.0734. The van der Waals surface area contributed by atoms with Gasteiger partial charge in [-0.1, -0.05) is 0 Å². The Bertz CT molecular complexity index is 774. The van der Waals surface area contributed by atoms with E-state index in [1.165, 1.54) is 5.56 Å². The maximum Gasteiger partial charge on any atom is 0.255 e. The number of nitrogens with zero attached hydrogens (tertiary/aromatic N) is 2. The maximum absolute atomic E-state index is 12.8. The number of rotatable bonds is 6. The molecule has 1 amide bonds. The van der Waals surface area contributed by atoms with Crippen molar-refractivity contribution < 1.29 is 19.0 Å². The minimum atomic E-state index is -0.0300. The first kappa shape index (κ1) is 18.0. The first-order valence-corrected chi connectivity index (χ1v) is 8.87. The number of fused-ring (bicyclic) bond motifs is 1. The van der Waals surface area contributed by atoms with Crippen LogP contribution >= 0.6 is 0 Å². The average Bonchev–Trinajstić information content (AvgIpc) is 2.68. The minimum absolute atomic E-state index is 0.0300. The van der Waals surface area contributed by atoms with Gasteiger partial charge in [0, 0.05) is 25.4 Å². The Balaban J connectivity index is 1.81. The largest absolute Gasteiger partial charge is 0.490 e. The number of aromatic nitrogens is 1. The highest BCUT2D eigenvalue weighted by Crippen LogP contribution is 2.34. The molecule has 1 aromatic carbocycles. The number of benzene rings is 1. The van der Waals surface area contributed by atoms with Crippen molar-refractivity contribution in [3.05, 3.63) is 47.2 Å². The summed E-state index contributed by atoms with van der Waals surface area (Å²) in [5.41, 5.74) is 2.86. The lowest BCUT2D eigenvalue weighted by Gasteiger charge is -2.30. The van der Waals surface area contributed by atoms with Gasteiger partial charge in [-0.3, -0.25) is 4.79 Å². The monoisotopic (exact) mass is 356 g/mol. The van der Waals surface area contributed by atoms with Crippen molar-refractivity contribution in [2.24, 2.45) is 0 Å². The van der Waals surface area contributed by atoms with E-state index in [1.54, 1.807) is 25.4 Å². The summed E-state index contributed by atoms with van der Waals surface area (Å²) in [6, 6.07) is 7.48. The SMILES string of the molecule is CCOc1cc2c(cc1OCC)CN(C(=O)c1ccc(OC)nc1)CC2. The van der Waals surface area contributed by atoms with Crippen LogP contribution in [0.3, 0.4) is 0 Å². The molecule has 0 radical (unpaired) electrons. The molecule has 6 nitrogen and oxygen atoms in total. The molecule has 138 valence electrons. The summed E-state index contributed by atoms with van der Waals surface area (Å²) in [4.78, 5) is 18.7. The Labute approximate surface area is 153 Å². The highest BCUT2D eigenvalue weighted by molar-refractivity contribution is 5.94. The Kier molecular flexibility index (Phi) is 5.61. The molecule has 0 aliphatic carbocycles. The van der Waals surface area contributed by atoms with Crippen LogP contribution in [0.25, 0.3) is 0 Å². The molecule has 0 fully saturated rings. The zero-order valence-electron chi connectivity index (χ0n) is 15.4. The van der Waals surface area contributed by atoms with Crippen molar-refractivity contribution in [3.8, 4) is 17.4 Å². The van der Waals surface area contributed by atoms with Gasteiger partial charge < -0.3 is 19.1 Å². The number of hydrogen-bond donors (Lipinski definition) is 0. The number of hydrogen-bond acceptors (Lipinski definition) is 5. The Morgan fingerprint density at radius 1 is 1.12 bits per heavy atom. The van der Waals surface area contributed by atoms with Crippen LogP contribution in [0.1, 0.15) is 35.3 Å². The molecule has 0 spiro atoms. The van der Waals surface area contributed by atoms with E-state index < -0.39 is 0 Å². The molecule has 2 heterocycles. The lowest BCUT2D eigenvalue weighted by Crippen LogP contribution is -2.36. The van der Waals surface area contributed by atoms with E-state index in [1.807, 2.05) is 30.9 Å².